The Balaban J connectivity index is 1.78. The smallest absolute Gasteiger partial charge is 0.280 e. The molecule has 0 spiro atoms. The summed E-state index contributed by atoms with van der Waals surface area (Å²) in [5.41, 5.74) is 1.49. The van der Waals surface area contributed by atoms with Gasteiger partial charge in [-0.3, -0.25) is 9.36 Å². The second-order valence-electron chi connectivity index (χ2n) is 8.13. The van der Waals surface area contributed by atoms with E-state index < -0.39 is 0 Å². The number of hydrogen-bond donors (Lipinski definition) is 2. The van der Waals surface area contributed by atoms with Crippen LogP contribution < -0.4 is 20.9 Å². The van der Waals surface area contributed by atoms with Crippen molar-refractivity contribution in [1.29, 1.82) is 0 Å². The summed E-state index contributed by atoms with van der Waals surface area (Å²) < 4.78 is 8.61. The number of aromatic nitrogens is 4. The van der Waals surface area contributed by atoms with Gasteiger partial charge in [0.1, 0.15) is 17.6 Å². The lowest BCUT2D eigenvalue weighted by Gasteiger charge is -2.27. The fourth-order valence-electron chi connectivity index (χ4n) is 3.40. The normalized spacial score (nSPS) is 16.0. The second-order valence-corrected chi connectivity index (χ2v) is 8.13. The van der Waals surface area contributed by atoms with Crippen LogP contribution in [0.5, 0.6) is 5.75 Å². The van der Waals surface area contributed by atoms with Crippen LogP contribution in [0.2, 0.25) is 0 Å². The van der Waals surface area contributed by atoms with Crippen LogP contribution in [0.3, 0.4) is 0 Å². The van der Waals surface area contributed by atoms with E-state index >= 15 is 0 Å². The zero-order valence-corrected chi connectivity index (χ0v) is 16.9. The Hall–Kier alpha value is -3.03. The van der Waals surface area contributed by atoms with Crippen LogP contribution in [0.25, 0.3) is 5.78 Å². The summed E-state index contributed by atoms with van der Waals surface area (Å²) in [6.45, 7) is 8.83. The van der Waals surface area contributed by atoms with Crippen LogP contribution in [-0.2, 0) is 13.0 Å². The lowest BCUT2D eigenvalue weighted by molar-refractivity contribution is 0.371. The van der Waals surface area contributed by atoms with E-state index in [-0.39, 0.29) is 17.1 Å². The summed E-state index contributed by atoms with van der Waals surface area (Å²) in [6, 6.07) is 7.84. The number of hydrogen-bond acceptors (Lipinski definition) is 6. The number of rotatable bonds is 4. The van der Waals surface area contributed by atoms with Crippen LogP contribution >= 0.6 is 0 Å². The largest absolute Gasteiger partial charge is 0.497 e. The van der Waals surface area contributed by atoms with Crippen molar-refractivity contribution in [3.8, 4) is 5.75 Å². The van der Waals surface area contributed by atoms with Gasteiger partial charge in [-0.05, 0) is 24.6 Å². The van der Waals surface area contributed by atoms with Gasteiger partial charge in [0.15, 0.2) is 11.6 Å². The Morgan fingerprint density at radius 3 is 2.50 bits per heavy atom. The van der Waals surface area contributed by atoms with Crippen LogP contribution in [0, 0.1) is 5.41 Å². The lowest BCUT2D eigenvalue weighted by atomic mass is 9.93. The lowest BCUT2D eigenvalue weighted by Crippen LogP contribution is -2.37. The molecule has 0 fully saturated rings. The van der Waals surface area contributed by atoms with E-state index in [4.69, 9.17) is 9.84 Å². The van der Waals surface area contributed by atoms with E-state index in [2.05, 4.69) is 36.4 Å². The molecule has 2 aromatic heterocycles. The maximum atomic E-state index is 13.0. The Morgan fingerprint density at radius 1 is 1.18 bits per heavy atom. The average Bonchev–Trinajstić information content (AvgIpc) is 3.27. The highest BCUT2D eigenvalue weighted by molar-refractivity contribution is 5.72. The molecule has 3 heterocycles. The van der Waals surface area contributed by atoms with Crippen molar-refractivity contribution in [2.45, 2.75) is 46.8 Å². The summed E-state index contributed by atoms with van der Waals surface area (Å²) >= 11 is 0. The molecule has 0 radical (unpaired) electrons. The fourth-order valence-corrected chi connectivity index (χ4v) is 3.40. The van der Waals surface area contributed by atoms with E-state index in [0.29, 0.717) is 36.1 Å². The number of fused-ring (bicyclic) bond motifs is 3. The molecule has 0 aliphatic carbocycles. The Kier molecular flexibility index (Phi) is 4.28. The van der Waals surface area contributed by atoms with Crippen molar-refractivity contribution in [3.63, 3.8) is 0 Å². The predicted octanol–water partition coefficient (Wildman–Crippen LogP) is 2.72. The van der Waals surface area contributed by atoms with Crippen LogP contribution in [-0.4, -0.2) is 32.4 Å². The number of benzene rings is 1. The van der Waals surface area contributed by atoms with Crippen molar-refractivity contribution in [2.24, 2.45) is 5.41 Å². The van der Waals surface area contributed by atoms with Crippen LogP contribution in [0.4, 0.5) is 11.5 Å². The molecule has 148 valence electrons. The molecule has 8 nitrogen and oxygen atoms in total. The van der Waals surface area contributed by atoms with Crippen LogP contribution in [0.1, 0.15) is 39.1 Å². The predicted molar refractivity (Wildman–Crippen MR) is 109 cm³/mol. The third-order valence-electron chi connectivity index (χ3n) is 5.06. The Morgan fingerprint density at radius 2 is 1.89 bits per heavy atom. The molecule has 1 atom stereocenters. The number of nitrogens with zero attached hydrogens (tertiary/aromatic N) is 4. The van der Waals surface area contributed by atoms with Crippen molar-refractivity contribution in [1.82, 2.24) is 19.2 Å². The zero-order chi connectivity index (χ0) is 20.1. The molecule has 1 aliphatic rings. The molecule has 8 heteroatoms. The summed E-state index contributed by atoms with van der Waals surface area (Å²) in [5.74, 6) is 2.71. The highest BCUT2D eigenvalue weighted by atomic mass is 16.5. The van der Waals surface area contributed by atoms with Gasteiger partial charge < -0.3 is 15.4 Å². The van der Waals surface area contributed by atoms with Gasteiger partial charge >= 0.3 is 0 Å². The summed E-state index contributed by atoms with van der Waals surface area (Å²) in [5, 5.41) is 11.5. The van der Waals surface area contributed by atoms with Gasteiger partial charge in [-0.15, -0.1) is 5.10 Å². The number of aryl methyl sites for hydroxylation is 1. The van der Waals surface area contributed by atoms with Crippen molar-refractivity contribution >= 4 is 17.3 Å². The Labute approximate surface area is 163 Å². The van der Waals surface area contributed by atoms with Gasteiger partial charge in [0.2, 0.25) is 5.78 Å². The second kappa shape index (κ2) is 6.54. The first kappa shape index (κ1) is 18.3. The molecule has 28 heavy (non-hydrogen) atoms. The zero-order valence-electron chi connectivity index (χ0n) is 16.9. The molecule has 0 bridgehead atoms. The first-order valence-electron chi connectivity index (χ1n) is 9.50. The summed E-state index contributed by atoms with van der Waals surface area (Å²) in [4.78, 5) is 17.6. The summed E-state index contributed by atoms with van der Waals surface area (Å²) in [7, 11) is 1.65. The molecule has 4 rings (SSSR count). The third kappa shape index (κ3) is 2.98. The highest BCUT2D eigenvalue weighted by Crippen LogP contribution is 2.33. The molecule has 2 N–H and O–H groups in total. The molecular weight excluding hydrogens is 356 g/mol. The van der Waals surface area contributed by atoms with E-state index in [1.807, 2.05) is 31.2 Å². The minimum absolute atomic E-state index is 0.0552. The minimum atomic E-state index is -0.0763. The number of methoxy groups -OCH3 is 1. The van der Waals surface area contributed by atoms with Crippen LogP contribution in [0.15, 0.2) is 29.1 Å². The third-order valence-corrected chi connectivity index (χ3v) is 5.06. The fraction of sp³-hybridized carbons (Fsp3) is 0.450. The first-order valence-corrected chi connectivity index (χ1v) is 9.50. The van der Waals surface area contributed by atoms with Gasteiger partial charge in [-0.1, -0.05) is 32.9 Å². The molecule has 1 aliphatic heterocycles. The van der Waals surface area contributed by atoms with Gasteiger partial charge in [0, 0.05) is 18.4 Å². The van der Waals surface area contributed by atoms with Crippen molar-refractivity contribution in [2.75, 3.05) is 17.7 Å². The molecule has 0 saturated carbocycles. The molecule has 1 aromatic carbocycles. The molecule has 0 saturated heterocycles. The SMILES string of the molecule is CCn1c(=O)c2c(n3nc(Cc4ccc(OC)cc4)nc13)NC(C(C)(C)C)N2. The highest BCUT2D eigenvalue weighted by Gasteiger charge is 2.35. The first-order chi connectivity index (χ1) is 13.3. The van der Waals surface area contributed by atoms with E-state index in [0.717, 1.165) is 11.3 Å². The maximum absolute atomic E-state index is 13.0. The minimum Gasteiger partial charge on any atom is -0.497 e. The van der Waals surface area contributed by atoms with Gasteiger partial charge in [0.05, 0.1) is 7.11 Å². The number of ether oxygens (including phenoxy) is 1. The monoisotopic (exact) mass is 382 g/mol. The molecular formula is C20H26N6O2. The molecule has 3 aromatic rings. The maximum Gasteiger partial charge on any atom is 0.280 e. The van der Waals surface area contributed by atoms with Gasteiger partial charge in [0.25, 0.3) is 5.56 Å². The standard InChI is InChI=1S/C20H26N6O2/c1-6-25-17(27)15-16(23-18(22-15)20(2,3)4)26-19(25)21-14(24-26)11-12-7-9-13(28-5)10-8-12/h7-10,18,22-23H,6,11H2,1-5H3. The molecule has 1 unspecified atom stereocenters. The molecule has 0 amide bonds. The van der Waals surface area contributed by atoms with Crippen molar-refractivity contribution < 1.29 is 4.74 Å². The van der Waals surface area contributed by atoms with Crippen molar-refractivity contribution in [3.05, 3.63) is 46.0 Å². The Bertz CT molecular complexity index is 1080. The number of anilines is 2. The topological polar surface area (TPSA) is 85.5 Å². The average molecular weight is 382 g/mol. The quantitative estimate of drug-likeness (QED) is 0.722. The van der Waals surface area contributed by atoms with Gasteiger partial charge in [-0.25, -0.2) is 0 Å². The van der Waals surface area contributed by atoms with E-state index in [9.17, 15) is 4.79 Å². The van der Waals surface area contributed by atoms with Gasteiger partial charge in [-0.2, -0.15) is 9.50 Å². The van der Waals surface area contributed by atoms with E-state index in [1.54, 1.807) is 16.2 Å². The summed E-state index contributed by atoms with van der Waals surface area (Å²) in [6.07, 6.45) is 0.523. The van der Waals surface area contributed by atoms with E-state index in [1.165, 1.54) is 0 Å². The number of nitrogens with one attached hydrogen (secondary N) is 2.